The fourth-order valence-corrected chi connectivity index (χ4v) is 1.98. The van der Waals surface area contributed by atoms with Gasteiger partial charge in [0.05, 0.1) is 0 Å². The molecule has 0 radical (unpaired) electrons. The van der Waals surface area contributed by atoms with Crippen molar-refractivity contribution in [1.82, 2.24) is 0 Å². The van der Waals surface area contributed by atoms with Crippen molar-refractivity contribution in [2.45, 2.75) is 19.4 Å². The van der Waals surface area contributed by atoms with Crippen LogP contribution >= 0.6 is 0 Å². The molecule has 2 N–H and O–H groups in total. The zero-order valence-electron chi connectivity index (χ0n) is 10.2. The lowest BCUT2D eigenvalue weighted by Crippen LogP contribution is -2.15. The molecule has 1 unspecified atom stereocenters. The lowest BCUT2D eigenvalue weighted by Gasteiger charge is -2.14. The first-order valence-corrected chi connectivity index (χ1v) is 5.83. The summed E-state index contributed by atoms with van der Waals surface area (Å²) in [4.78, 5) is 0. The Bertz CT molecular complexity index is 552. The van der Waals surface area contributed by atoms with E-state index in [1.165, 1.54) is 18.2 Å². The second-order valence-electron chi connectivity index (χ2n) is 4.40. The van der Waals surface area contributed by atoms with Crippen molar-refractivity contribution in [3.05, 3.63) is 70.8 Å². The number of rotatable bonds is 3. The van der Waals surface area contributed by atoms with Gasteiger partial charge < -0.3 is 5.73 Å². The zero-order valence-corrected chi connectivity index (χ0v) is 10.2. The lowest BCUT2D eigenvalue weighted by atomic mass is 9.96. The van der Waals surface area contributed by atoms with E-state index in [9.17, 15) is 8.78 Å². The Labute approximate surface area is 105 Å². The van der Waals surface area contributed by atoms with E-state index in [-0.39, 0.29) is 11.6 Å². The number of hydrogen-bond acceptors (Lipinski definition) is 1. The summed E-state index contributed by atoms with van der Waals surface area (Å²) in [5.74, 6) is -0.615. The SMILES string of the molecule is Cc1ccc(F)cc1CC(N)c1ccccc1F. The molecule has 0 amide bonds. The topological polar surface area (TPSA) is 26.0 Å². The average molecular weight is 247 g/mol. The van der Waals surface area contributed by atoms with Gasteiger partial charge in [-0.1, -0.05) is 24.3 Å². The smallest absolute Gasteiger partial charge is 0.127 e. The highest BCUT2D eigenvalue weighted by molar-refractivity contribution is 5.30. The third-order valence-electron chi connectivity index (χ3n) is 3.06. The number of benzene rings is 2. The van der Waals surface area contributed by atoms with E-state index >= 15 is 0 Å². The highest BCUT2D eigenvalue weighted by Crippen LogP contribution is 2.21. The van der Waals surface area contributed by atoms with Gasteiger partial charge in [-0.15, -0.1) is 0 Å². The largest absolute Gasteiger partial charge is 0.324 e. The van der Waals surface area contributed by atoms with Gasteiger partial charge in [0.1, 0.15) is 11.6 Å². The van der Waals surface area contributed by atoms with Crippen LogP contribution in [0.5, 0.6) is 0 Å². The third kappa shape index (κ3) is 2.74. The van der Waals surface area contributed by atoms with E-state index in [0.29, 0.717) is 12.0 Å². The maximum atomic E-state index is 13.6. The van der Waals surface area contributed by atoms with E-state index in [2.05, 4.69) is 0 Å². The molecule has 2 aromatic carbocycles. The number of aryl methyl sites for hydroxylation is 1. The zero-order chi connectivity index (χ0) is 13.1. The number of hydrogen-bond donors (Lipinski definition) is 1. The first-order chi connectivity index (χ1) is 8.58. The van der Waals surface area contributed by atoms with E-state index in [1.54, 1.807) is 24.3 Å². The molecule has 0 saturated carbocycles. The van der Waals surface area contributed by atoms with Gasteiger partial charge in [-0.25, -0.2) is 8.78 Å². The quantitative estimate of drug-likeness (QED) is 0.882. The first-order valence-electron chi connectivity index (χ1n) is 5.83. The maximum Gasteiger partial charge on any atom is 0.127 e. The van der Waals surface area contributed by atoms with Crippen LogP contribution in [-0.4, -0.2) is 0 Å². The van der Waals surface area contributed by atoms with Crippen LogP contribution < -0.4 is 5.73 Å². The Morgan fingerprint density at radius 1 is 1.11 bits per heavy atom. The standard InChI is InChI=1S/C15H15F2N/c1-10-6-7-12(16)8-11(10)9-15(18)13-4-2-3-5-14(13)17/h2-8,15H,9,18H2,1H3. The van der Waals surface area contributed by atoms with Gasteiger partial charge in [0, 0.05) is 11.6 Å². The molecule has 0 aromatic heterocycles. The summed E-state index contributed by atoms with van der Waals surface area (Å²) < 4.78 is 26.7. The molecule has 1 atom stereocenters. The summed E-state index contributed by atoms with van der Waals surface area (Å²) in [5, 5.41) is 0. The van der Waals surface area contributed by atoms with Gasteiger partial charge in [-0.05, 0) is 42.7 Å². The molecule has 0 saturated heterocycles. The van der Waals surface area contributed by atoms with Crippen molar-refractivity contribution in [1.29, 1.82) is 0 Å². The van der Waals surface area contributed by atoms with Crippen molar-refractivity contribution in [2.75, 3.05) is 0 Å². The Hall–Kier alpha value is -1.74. The van der Waals surface area contributed by atoms with Crippen LogP contribution in [0.1, 0.15) is 22.7 Å². The van der Waals surface area contributed by atoms with E-state index < -0.39 is 6.04 Å². The molecule has 2 aromatic rings. The van der Waals surface area contributed by atoms with Crippen LogP contribution in [0, 0.1) is 18.6 Å². The monoisotopic (exact) mass is 247 g/mol. The molecule has 0 fully saturated rings. The minimum atomic E-state index is -0.466. The third-order valence-corrected chi connectivity index (χ3v) is 3.06. The molecule has 18 heavy (non-hydrogen) atoms. The Morgan fingerprint density at radius 2 is 1.83 bits per heavy atom. The van der Waals surface area contributed by atoms with E-state index in [0.717, 1.165) is 11.1 Å². The minimum Gasteiger partial charge on any atom is -0.324 e. The molecule has 94 valence electrons. The normalized spacial score (nSPS) is 12.4. The summed E-state index contributed by atoms with van der Waals surface area (Å²) in [7, 11) is 0. The highest BCUT2D eigenvalue weighted by atomic mass is 19.1. The molecule has 1 nitrogen and oxygen atoms in total. The summed E-state index contributed by atoms with van der Waals surface area (Å²) in [5.41, 5.74) is 8.22. The summed E-state index contributed by atoms with van der Waals surface area (Å²) in [6.07, 6.45) is 0.421. The molecule has 0 bridgehead atoms. The second kappa shape index (κ2) is 5.27. The molecule has 0 heterocycles. The van der Waals surface area contributed by atoms with Crippen molar-refractivity contribution in [3.63, 3.8) is 0 Å². The minimum absolute atomic E-state index is 0.295. The van der Waals surface area contributed by atoms with Crippen LogP contribution in [0.15, 0.2) is 42.5 Å². The van der Waals surface area contributed by atoms with Gasteiger partial charge in [0.25, 0.3) is 0 Å². The number of nitrogens with two attached hydrogens (primary N) is 1. The second-order valence-corrected chi connectivity index (χ2v) is 4.40. The van der Waals surface area contributed by atoms with Crippen LogP contribution in [-0.2, 0) is 6.42 Å². The predicted molar refractivity (Wildman–Crippen MR) is 68.2 cm³/mol. The van der Waals surface area contributed by atoms with Crippen molar-refractivity contribution in [2.24, 2.45) is 5.73 Å². The van der Waals surface area contributed by atoms with Gasteiger partial charge in [-0.2, -0.15) is 0 Å². The molecule has 2 rings (SSSR count). The summed E-state index contributed by atoms with van der Waals surface area (Å²) in [6.45, 7) is 1.89. The summed E-state index contributed by atoms with van der Waals surface area (Å²) in [6, 6.07) is 10.5. The molecule has 0 aliphatic carbocycles. The van der Waals surface area contributed by atoms with Crippen molar-refractivity contribution < 1.29 is 8.78 Å². The van der Waals surface area contributed by atoms with E-state index in [4.69, 9.17) is 5.73 Å². The molecule has 0 aliphatic rings. The Kier molecular flexibility index (Phi) is 3.72. The Balaban J connectivity index is 2.24. The molecule has 0 spiro atoms. The molecular weight excluding hydrogens is 232 g/mol. The molecular formula is C15H15F2N. The van der Waals surface area contributed by atoms with Crippen LogP contribution in [0.3, 0.4) is 0 Å². The van der Waals surface area contributed by atoms with Gasteiger partial charge >= 0.3 is 0 Å². The van der Waals surface area contributed by atoms with Gasteiger partial charge in [-0.3, -0.25) is 0 Å². The average Bonchev–Trinajstić information content (AvgIpc) is 2.34. The van der Waals surface area contributed by atoms with E-state index in [1.807, 2.05) is 6.92 Å². The van der Waals surface area contributed by atoms with Gasteiger partial charge in [0.15, 0.2) is 0 Å². The molecule has 0 aliphatic heterocycles. The van der Waals surface area contributed by atoms with Crippen LogP contribution in [0.25, 0.3) is 0 Å². The maximum absolute atomic E-state index is 13.6. The Morgan fingerprint density at radius 3 is 2.56 bits per heavy atom. The fourth-order valence-electron chi connectivity index (χ4n) is 1.98. The van der Waals surface area contributed by atoms with Crippen molar-refractivity contribution >= 4 is 0 Å². The first kappa shape index (κ1) is 12.7. The van der Waals surface area contributed by atoms with Crippen LogP contribution in [0.2, 0.25) is 0 Å². The molecule has 3 heteroatoms. The fraction of sp³-hybridized carbons (Fsp3) is 0.200. The highest BCUT2D eigenvalue weighted by Gasteiger charge is 2.13. The van der Waals surface area contributed by atoms with Crippen molar-refractivity contribution in [3.8, 4) is 0 Å². The predicted octanol–water partition coefficient (Wildman–Crippen LogP) is 3.52. The lowest BCUT2D eigenvalue weighted by molar-refractivity contribution is 0.578. The summed E-state index contributed by atoms with van der Waals surface area (Å²) >= 11 is 0. The van der Waals surface area contributed by atoms with Gasteiger partial charge in [0.2, 0.25) is 0 Å². The number of halogens is 2. The van der Waals surface area contributed by atoms with Crippen LogP contribution in [0.4, 0.5) is 8.78 Å².